The molecule has 0 aromatic heterocycles. The number of hydroxylamine groups is 2. The van der Waals surface area contributed by atoms with Crippen molar-refractivity contribution in [3.05, 3.63) is 0 Å². The standard InChI is InChI=1S/C6H13NO3/c1-5(2)4-10-7(3)6(8)9/h5H,4H2,1-3H3,(H,8,9). The fourth-order valence-corrected chi connectivity index (χ4v) is 0.316. The van der Waals surface area contributed by atoms with Gasteiger partial charge in [0.05, 0.1) is 6.61 Å². The van der Waals surface area contributed by atoms with Gasteiger partial charge < -0.3 is 5.11 Å². The molecule has 4 nitrogen and oxygen atoms in total. The number of nitrogens with zero attached hydrogens (tertiary/aromatic N) is 1. The zero-order valence-corrected chi connectivity index (χ0v) is 6.50. The maximum Gasteiger partial charge on any atom is 0.431 e. The van der Waals surface area contributed by atoms with Crippen LogP contribution in [0.5, 0.6) is 0 Å². The summed E-state index contributed by atoms with van der Waals surface area (Å²) < 4.78 is 0. The second kappa shape index (κ2) is 4.11. The summed E-state index contributed by atoms with van der Waals surface area (Å²) in [5.41, 5.74) is 0. The molecule has 0 unspecified atom stereocenters. The largest absolute Gasteiger partial charge is 0.463 e. The third-order valence-electron chi connectivity index (χ3n) is 0.871. The minimum atomic E-state index is -1.07. The van der Waals surface area contributed by atoms with E-state index in [1.165, 1.54) is 7.05 Å². The Kier molecular flexibility index (Phi) is 3.79. The summed E-state index contributed by atoms with van der Waals surface area (Å²) in [6.45, 7) is 4.34. The minimum Gasteiger partial charge on any atom is -0.463 e. The molecule has 0 fully saturated rings. The van der Waals surface area contributed by atoms with E-state index in [1.54, 1.807) is 0 Å². The van der Waals surface area contributed by atoms with Gasteiger partial charge in [-0.3, -0.25) is 4.84 Å². The zero-order valence-electron chi connectivity index (χ0n) is 6.50. The first-order valence-electron chi connectivity index (χ1n) is 3.13. The van der Waals surface area contributed by atoms with Crippen molar-refractivity contribution in [3.8, 4) is 0 Å². The molecule has 0 saturated heterocycles. The van der Waals surface area contributed by atoms with Gasteiger partial charge in [0.1, 0.15) is 0 Å². The average Bonchev–Trinajstić information content (AvgIpc) is 1.82. The highest BCUT2D eigenvalue weighted by Crippen LogP contribution is 1.94. The number of carboxylic acid groups (broad SMARTS) is 1. The van der Waals surface area contributed by atoms with E-state index in [0.29, 0.717) is 12.5 Å². The van der Waals surface area contributed by atoms with Gasteiger partial charge in [0.2, 0.25) is 0 Å². The van der Waals surface area contributed by atoms with Crippen molar-refractivity contribution in [1.82, 2.24) is 5.06 Å². The van der Waals surface area contributed by atoms with E-state index in [-0.39, 0.29) is 0 Å². The molecule has 60 valence electrons. The van der Waals surface area contributed by atoms with Crippen LogP contribution in [0.25, 0.3) is 0 Å². The van der Waals surface area contributed by atoms with Crippen molar-refractivity contribution in [1.29, 1.82) is 0 Å². The fraction of sp³-hybridized carbons (Fsp3) is 0.833. The van der Waals surface area contributed by atoms with Gasteiger partial charge in [-0.2, -0.15) is 5.06 Å². The van der Waals surface area contributed by atoms with Crippen LogP contribution in [0.2, 0.25) is 0 Å². The molecule has 0 spiro atoms. The highest BCUT2D eigenvalue weighted by atomic mass is 16.7. The Labute approximate surface area is 60.3 Å². The number of rotatable bonds is 3. The van der Waals surface area contributed by atoms with Gasteiger partial charge in [-0.05, 0) is 5.92 Å². The Balaban J connectivity index is 3.40. The van der Waals surface area contributed by atoms with Crippen LogP contribution < -0.4 is 0 Å². The predicted molar refractivity (Wildman–Crippen MR) is 36.6 cm³/mol. The average molecular weight is 147 g/mol. The lowest BCUT2D eigenvalue weighted by Crippen LogP contribution is -2.26. The molecule has 1 N–H and O–H groups in total. The molecule has 0 aliphatic heterocycles. The van der Waals surface area contributed by atoms with Crippen molar-refractivity contribution in [3.63, 3.8) is 0 Å². The molecule has 0 saturated carbocycles. The van der Waals surface area contributed by atoms with Gasteiger partial charge in [0.25, 0.3) is 0 Å². The maximum atomic E-state index is 10.1. The number of amides is 1. The van der Waals surface area contributed by atoms with Crippen LogP contribution >= 0.6 is 0 Å². The van der Waals surface area contributed by atoms with Gasteiger partial charge in [-0.1, -0.05) is 13.8 Å². The van der Waals surface area contributed by atoms with Crippen LogP contribution in [-0.4, -0.2) is 29.9 Å². The van der Waals surface area contributed by atoms with Gasteiger partial charge in [0.15, 0.2) is 0 Å². The molecule has 0 bridgehead atoms. The van der Waals surface area contributed by atoms with Gasteiger partial charge >= 0.3 is 6.09 Å². The van der Waals surface area contributed by atoms with E-state index in [4.69, 9.17) is 9.94 Å². The summed E-state index contributed by atoms with van der Waals surface area (Å²) in [5.74, 6) is 0.349. The molecule has 0 aromatic carbocycles. The first-order chi connectivity index (χ1) is 4.54. The molecule has 0 rings (SSSR count). The molecule has 1 amide bonds. The molecule has 0 atom stereocenters. The summed E-state index contributed by atoms with van der Waals surface area (Å²) in [7, 11) is 1.37. The first kappa shape index (κ1) is 9.23. The number of hydrogen-bond donors (Lipinski definition) is 1. The maximum absolute atomic E-state index is 10.1. The smallest absolute Gasteiger partial charge is 0.431 e. The second-order valence-electron chi connectivity index (χ2n) is 2.47. The fourth-order valence-electron chi connectivity index (χ4n) is 0.316. The lowest BCUT2D eigenvalue weighted by Gasteiger charge is -2.13. The van der Waals surface area contributed by atoms with Crippen molar-refractivity contribution in [2.45, 2.75) is 13.8 Å². The zero-order chi connectivity index (χ0) is 8.15. The third-order valence-corrected chi connectivity index (χ3v) is 0.871. The lowest BCUT2D eigenvalue weighted by atomic mass is 10.2. The highest BCUT2D eigenvalue weighted by molar-refractivity contribution is 5.62. The predicted octanol–water partition coefficient (Wildman–Crippen LogP) is 1.18. The van der Waals surface area contributed by atoms with Gasteiger partial charge in [-0.15, -0.1) is 0 Å². The summed E-state index contributed by atoms with van der Waals surface area (Å²) in [6, 6.07) is 0. The molecule has 0 aromatic rings. The van der Waals surface area contributed by atoms with Crippen molar-refractivity contribution >= 4 is 6.09 Å². The molecular weight excluding hydrogens is 134 g/mol. The van der Waals surface area contributed by atoms with E-state index in [2.05, 4.69) is 0 Å². The van der Waals surface area contributed by atoms with Crippen LogP contribution in [0.1, 0.15) is 13.8 Å². The number of carbonyl (C=O) groups is 1. The Bertz CT molecular complexity index is 114. The molecule has 0 aliphatic rings. The summed E-state index contributed by atoms with van der Waals surface area (Å²) in [6.07, 6.45) is -1.07. The topological polar surface area (TPSA) is 49.8 Å². The van der Waals surface area contributed by atoms with Crippen molar-refractivity contribution in [2.75, 3.05) is 13.7 Å². The van der Waals surface area contributed by atoms with Crippen LogP contribution in [0.3, 0.4) is 0 Å². The quantitative estimate of drug-likeness (QED) is 0.610. The monoisotopic (exact) mass is 147 g/mol. The van der Waals surface area contributed by atoms with E-state index in [0.717, 1.165) is 5.06 Å². The van der Waals surface area contributed by atoms with Crippen LogP contribution in [0.4, 0.5) is 4.79 Å². The molecule has 10 heavy (non-hydrogen) atoms. The summed E-state index contributed by atoms with van der Waals surface area (Å²) in [5, 5.41) is 9.10. The van der Waals surface area contributed by atoms with Crippen molar-refractivity contribution in [2.24, 2.45) is 5.92 Å². The van der Waals surface area contributed by atoms with Crippen LogP contribution in [0.15, 0.2) is 0 Å². The van der Waals surface area contributed by atoms with E-state index >= 15 is 0 Å². The Morgan fingerprint density at radius 1 is 1.70 bits per heavy atom. The highest BCUT2D eigenvalue weighted by Gasteiger charge is 2.05. The van der Waals surface area contributed by atoms with E-state index in [1.807, 2.05) is 13.8 Å². The third kappa shape index (κ3) is 4.14. The summed E-state index contributed by atoms with van der Waals surface area (Å²) >= 11 is 0. The van der Waals surface area contributed by atoms with Gasteiger partial charge in [0, 0.05) is 7.05 Å². The molecular formula is C6H13NO3. The molecule has 0 aliphatic carbocycles. The van der Waals surface area contributed by atoms with E-state index in [9.17, 15) is 4.79 Å². The van der Waals surface area contributed by atoms with Crippen LogP contribution in [-0.2, 0) is 4.84 Å². The Morgan fingerprint density at radius 3 is 2.50 bits per heavy atom. The summed E-state index contributed by atoms with van der Waals surface area (Å²) in [4.78, 5) is 14.9. The Hall–Kier alpha value is -0.770. The normalized spacial score (nSPS) is 10.0. The SMILES string of the molecule is CC(C)CON(C)C(=O)O. The lowest BCUT2D eigenvalue weighted by molar-refractivity contribution is -0.121. The Morgan fingerprint density at radius 2 is 2.20 bits per heavy atom. The van der Waals surface area contributed by atoms with Crippen molar-refractivity contribution < 1.29 is 14.7 Å². The number of hydrogen-bond acceptors (Lipinski definition) is 2. The minimum absolute atomic E-state index is 0.349. The molecule has 0 heterocycles. The molecule has 4 heteroatoms. The van der Waals surface area contributed by atoms with Crippen LogP contribution in [0, 0.1) is 5.92 Å². The molecule has 0 radical (unpaired) electrons. The first-order valence-corrected chi connectivity index (χ1v) is 3.13. The second-order valence-corrected chi connectivity index (χ2v) is 2.47. The van der Waals surface area contributed by atoms with Gasteiger partial charge in [-0.25, -0.2) is 4.79 Å². The van der Waals surface area contributed by atoms with E-state index < -0.39 is 6.09 Å².